The van der Waals surface area contributed by atoms with E-state index in [0.717, 1.165) is 11.1 Å². The minimum Gasteiger partial charge on any atom is -0.457 e. The van der Waals surface area contributed by atoms with Crippen LogP contribution in [0.4, 0.5) is 20.6 Å². The Morgan fingerprint density at radius 1 is 1.11 bits per heavy atom. The van der Waals surface area contributed by atoms with Crippen LogP contribution in [0.3, 0.4) is 0 Å². The molecule has 0 unspecified atom stereocenters. The number of halogens is 1. The maximum Gasteiger partial charge on any atom is 0.323 e. The van der Waals surface area contributed by atoms with Crippen molar-refractivity contribution >= 4 is 17.4 Å². The fraction of sp³-hybridized carbons (Fsp3) is 0.200. The number of pyridine rings is 2. The van der Waals surface area contributed by atoms with Gasteiger partial charge in [-0.3, -0.25) is 14.6 Å². The topological polar surface area (TPSA) is 114 Å². The van der Waals surface area contributed by atoms with Crippen LogP contribution in [0.5, 0.6) is 11.5 Å². The van der Waals surface area contributed by atoms with E-state index in [1.165, 1.54) is 18.3 Å². The van der Waals surface area contributed by atoms with E-state index in [-0.39, 0.29) is 18.0 Å². The van der Waals surface area contributed by atoms with Gasteiger partial charge < -0.3 is 20.5 Å². The zero-order chi connectivity index (χ0) is 25.0. The third kappa shape index (κ3) is 5.79. The van der Waals surface area contributed by atoms with Gasteiger partial charge in [-0.2, -0.15) is 5.10 Å². The number of hydrogen-bond donors (Lipinski definition) is 3. The van der Waals surface area contributed by atoms with Crippen LogP contribution in [0.1, 0.15) is 19.4 Å². The Balaban J connectivity index is 1.42. The third-order valence-electron chi connectivity index (χ3n) is 5.33. The SMILES string of the molecule is Cn1cc(-c2cc(Oc3ccc(NC(=O)Nc4cncc(C(C)(C)CO)c4)c(F)c3)ccn2)cn1. The van der Waals surface area contributed by atoms with E-state index in [9.17, 15) is 14.3 Å². The average Bonchev–Trinajstić information content (AvgIpc) is 3.27. The minimum atomic E-state index is -0.660. The minimum absolute atomic E-state index is 0.0135. The van der Waals surface area contributed by atoms with Gasteiger partial charge in [0.05, 0.1) is 36.1 Å². The van der Waals surface area contributed by atoms with Crippen molar-refractivity contribution in [2.24, 2.45) is 7.05 Å². The zero-order valence-electron chi connectivity index (χ0n) is 19.5. The summed E-state index contributed by atoms with van der Waals surface area (Å²) < 4.78 is 22.1. The summed E-state index contributed by atoms with van der Waals surface area (Å²) in [7, 11) is 1.81. The number of benzene rings is 1. The molecule has 0 spiro atoms. The lowest BCUT2D eigenvalue weighted by Crippen LogP contribution is -2.24. The van der Waals surface area contributed by atoms with Crippen LogP contribution in [-0.2, 0) is 12.5 Å². The summed E-state index contributed by atoms with van der Waals surface area (Å²) in [6.45, 7) is 3.64. The Labute approximate surface area is 201 Å². The number of aryl methyl sites for hydroxylation is 1. The highest BCUT2D eigenvalue weighted by atomic mass is 19.1. The molecule has 3 heterocycles. The van der Waals surface area contributed by atoms with Crippen LogP contribution in [0.2, 0.25) is 0 Å². The number of nitrogens with zero attached hydrogens (tertiary/aromatic N) is 4. The van der Waals surface area contributed by atoms with Gasteiger partial charge in [-0.25, -0.2) is 9.18 Å². The summed E-state index contributed by atoms with van der Waals surface area (Å²) in [5.41, 5.74) is 2.15. The maximum absolute atomic E-state index is 14.7. The summed E-state index contributed by atoms with van der Waals surface area (Å²) >= 11 is 0. The van der Waals surface area contributed by atoms with Gasteiger partial charge in [-0.1, -0.05) is 13.8 Å². The highest BCUT2D eigenvalue weighted by molar-refractivity contribution is 5.99. The summed E-state index contributed by atoms with van der Waals surface area (Å²) in [6.07, 6.45) is 8.21. The van der Waals surface area contributed by atoms with E-state index < -0.39 is 17.3 Å². The second-order valence-corrected chi connectivity index (χ2v) is 8.61. The van der Waals surface area contributed by atoms with Gasteiger partial charge >= 0.3 is 6.03 Å². The highest BCUT2D eigenvalue weighted by Gasteiger charge is 2.20. The Morgan fingerprint density at radius 3 is 2.63 bits per heavy atom. The fourth-order valence-corrected chi connectivity index (χ4v) is 3.24. The molecule has 0 saturated carbocycles. The number of amides is 2. The van der Waals surface area contributed by atoms with Crippen LogP contribution in [-0.4, -0.2) is 37.5 Å². The van der Waals surface area contributed by atoms with Crippen molar-refractivity contribution in [3.63, 3.8) is 0 Å². The molecule has 10 heteroatoms. The van der Waals surface area contributed by atoms with Gasteiger partial charge in [0.1, 0.15) is 17.3 Å². The summed E-state index contributed by atoms with van der Waals surface area (Å²) in [5, 5.41) is 18.8. The van der Waals surface area contributed by atoms with Crippen LogP contribution >= 0.6 is 0 Å². The molecule has 0 aliphatic carbocycles. The van der Waals surface area contributed by atoms with Crippen LogP contribution in [0.15, 0.2) is 67.4 Å². The molecule has 0 aliphatic heterocycles. The molecule has 4 aromatic rings. The van der Waals surface area contributed by atoms with Gasteiger partial charge in [0.25, 0.3) is 0 Å². The first kappa shape index (κ1) is 23.8. The number of rotatable bonds is 7. The molecule has 0 aliphatic rings. The van der Waals surface area contributed by atoms with Crippen molar-refractivity contribution in [1.82, 2.24) is 19.7 Å². The van der Waals surface area contributed by atoms with Crippen LogP contribution in [0, 0.1) is 5.82 Å². The lowest BCUT2D eigenvalue weighted by atomic mass is 9.87. The zero-order valence-corrected chi connectivity index (χ0v) is 19.5. The first-order valence-corrected chi connectivity index (χ1v) is 10.8. The quantitative estimate of drug-likeness (QED) is 0.356. The Kier molecular flexibility index (Phi) is 6.74. The van der Waals surface area contributed by atoms with Gasteiger partial charge in [-0.05, 0) is 29.8 Å². The number of anilines is 2. The maximum atomic E-state index is 14.7. The largest absolute Gasteiger partial charge is 0.457 e. The Bertz CT molecular complexity index is 1350. The molecule has 1 aromatic carbocycles. The first-order valence-electron chi connectivity index (χ1n) is 10.8. The average molecular weight is 477 g/mol. The predicted octanol–water partition coefficient (Wildman–Crippen LogP) is 4.72. The molecule has 0 bridgehead atoms. The molecular weight excluding hydrogens is 451 g/mol. The number of urea groups is 1. The number of ether oxygens (including phenoxy) is 1. The number of aromatic nitrogens is 4. The van der Waals surface area contributed by atoms with Gasteiger partial charge in [0.2, 0.25) is 0 Å². The second kappa shape index (κ2) is 9.90. The van der Waals surface area contributed by atoms with Gasteiger partial charge in [-0.15, -0.1) is 0 Å². The number of aliphatic hydroxyl groups is 1. The molecule has 180 valence electrons. The molecule has 3 aromatic heterocycles. The normalized spacial score (nSPS) is 11.2. The number of aliphatic hydroxyl groups excluding tert-OH is 1. The molecule has 35 heavy (non-hydrogen) atoms. The number of hydrogen-bond acceptors (Lipinski definition) is 6. The smallest absolute Gasteiger partial charge is 0.323 e. The lowest BCUT2D eigenvalue weighted by Gasteiger charge is -2.22. The summed E-state index contributed by atoms with van der Waals surface area (Å²) in [6, 6.07) is 8.63. The fourth-order valence-electron chi connectivity index (χ4n) is 3.24. The van der Waals surface area contributed by atoms with E-state index in [2.05, 4.69) is 25.7 Å². The summed E-state index contributed by atoms with van der Waals surface area (Å²) in [4.78, 5) is 20.8. The molecule has 2 amide bonds. The van der Waals surface area contributed by atoms with Crippen molar-refractivity contribution in [2.75, 3.05) is 17.2 Å². The Morgan fingerprint density at radius 2 is 1.91 bits per heavy atom. The molecule has 0 atom stereocenters. The molecule has 4 rings (SSSR count). The van der Waals surface area contributed by atoms with Crippen LogP contribution in [0.25, 0.3) is 11.3 Å². The summed E-state index contributed by atoms with van der Waals surface area (Å²) in [5.74, 6) is 0.0855. The van der Waals surface area contributed by atoms with E-state index in [4.69, 9.17) is 4.74 Å². The molecular formula is C25H25FN6O3. The standard InChI is InChI=1S/C25H25FN6O3/c1-25(2,15-33)17-8-18(13-27-12-17)30-24(34)31-22-5-4-19(9-21(22)26)35-20-6-7-28-23(10-20)16-11-29-32(3)14-16/h4-14,33H,15H2,1-3H3,(H2,30,31,34). The van der Waals surface area contributed by atoms with Crippen LogP contribution < -0.4 is 15.4 Å². The third-order valence-corrected chi connectivity index (χ3v) is 5.33. The molecule has 0 radical (unpaired) electrons. The van der Waals surface area contributed by atoms with Gasteiger partial charge in [0, 0.05) is 48.7 Å². The van der Waals surface area contributed by atoms with E-state index >= 15 is 0 Å². The van der Waals surface area contributed by atoms with Crippen molar-refractivity contribution in [3.8, 4) is 22.8 Å². The first-order chi connectivity index (χ1) is 16.7. The highest BCUT2D eigenvalue weighted by Crippen LogP contribution is 2.28. The Hall–Kier alpha value is -4.31. The number of carbonyl (C=O) groups is 1. The molecule has 0 fully saturated rings. The van der Waals surface area contributed by atoms with Crippen molar-refractivity contribution in [2.45, 2.75) is 19.3 Å². The lowest BCUT2D eigenvalue weighted by molar-refractivity contribution is 0.218. The molecule has 9 nitrogen and oxygen atoms in total. The van der Waals surface area contributed by atoms with Gasteiger partial charge in [0.15, 0.2) is 0 Å². The van der Waals surface area contributed by atoms with Crippen molar-refractivity contribution < 1.29 is 19.0 Å². The van der Waals surface area contributed by atoms with Crippen molar-refractivity contribution in [1.29, 1.82) is 0 Å². The number of nitrogens with one attached hydrogen (secondary N) is 2. The second-order valence-electron chi connectivity index (χ2n) is 8.61. The molecule has 0 saturated heterocycles. The van der Waals surface area contributed by atoms with E-state index in [1.54, 1.807) is 47.5 Å². The number of carbonyl (C=O) groups excluding carboxylic acids is 1. The molecule has 3 N–H and O–H groups in total. The van der Waals surface area contributed by atoms with E-state index in [0.29, 0.717) is 17.1 Å². The predicted molar refractivity (Wildman–Crippen MR) is 130 cm³/mol. The monoisotopic (exact) mass is 476 g/mol. The van der Waals surface area contributed by atoms with E-state index in [1.807, 2.05) is 27.1 Å². The van der Waals surface area contributed by atoms with Crippen molar-refractivity contribution in [3.05, 3.63) is 78.8 Å².